The van der Waals surface area contributed by atoms with Crippen molar-refractivity contribution >= 4 is 29.2 Å². The van der Waals surface area contributed by atoms with Gasteiger partial charge >= 0.3 is 0 Å². The van der Waals surface area contributed by atoms with Crippen LogP contribution in [-0.4, -0.2) is 47.5 Å². The summed E-state index contributed by atoms with van der Waals surface area (Å²) in [6.45, 7) is 6.94. The summed E-state index contributed by atoms with van der Waals surface area (Å²) in [4.78, 5) is 4.64. The molecule has 0 aliphatic carbocycles. The van der Waals surface area contributed by atoms with Crippen LogP contribution in [0.5, 0.6) is 0 Å². The summed E-state index contributed by atoms with van der Waals surface area (Å²) in [5, 5.41) is 16.0. The van der Waals surface area contributed by atoms with Crippen LogP contribution in [0, 0.1) is 0 Å². The SMILES string of the molecule is CCc1nncn1CCNC(=NCCCOC)NC(C)c1ccc(Cl)c(Cl)c1. The van der Waals surface area contributed by atoms with Gasteiger partial charge in [-0.05, 0) is 31.0 Å². The Kier molecular flexibility index (Phi) is 9.54. The average Bonchev–Trinajstić information content (AvgIpc) is 3.14. The first-order valence-corrected chi connectivity index (χ1v) is 10.2. The molecular formula is C19H28Cl2N6O. The topological polar surface area (TPSA) is 76.4 Å². The van der Waals surface area contributed by atoms with Crippen LogP contribution in [0.3, 0.4) is 0 Å². The molecule has 0 radical (unpaired) electrons. The molecule has 2 N–H and O–H groups in total. The van der Waals surface area contributed by atoms with E-state index in [9.17, 15) is 0 Å². The van der Waals surface area contributed by atoms with E-state index in [1.807, 2.05) is 16.7 Å². The first-order valence-electron chi connectivity index (χ1n) is 9.40. The van der Waals surface area contributed by atoms with Gasteiger partial charge in [0.15, 0.2) is 5.96 Å². The minimum atomic E-state index is 0.0181. The Morgan fingerprint density at radius 3 is 2.86 bits per heavy atom. The number of halogens is 2. The van der Waals surface area contributed by atoms with E-state index in [1.54, 1.807) is 19.5 Å². The van der Waals surface area contributed by atoms with E-state index < -0.39 is 0 Å². The molecule has 1 unspecified atom stereocenters. The molecule has 1 aromatic heterocycles. The number of guanidine groups is 1. The van der Waals surface area contributed by atoms with Crippen LogP contribution in [-0.2, 0) is 17.7 Å². The molecule has 2 rings (SSSR count). The number of hydrogen-bond donors (Lipinski definition) is 2. The maximum Gasteiger partial charge on any atom is 0.191 e. The second kappa shape index (κ2) is 11.9. The number of benzene rings is 1. The highest BCUT2D eigenvalue weighted by Gasteiger charge is 2.10. The van der Waals surface area contributed by atoms with Crippen molar-refractivity contribution in [2.24, 2.45) is 4.99 Å². The Bertz CT molecular complexity index is 765. The molecule has 28 heavy (non-hydrogen) atoms. The molecule has 0 bridgehead atoms. The minimum Gasteiger partial charge on any atom is -0.385 e. The van der Waals surface area contributed by atoms with Crippen molar-refractivity contribution in [2.75, 3.05) is 26.8 Å². The summed E-state index contributed by atoms with van der Waals surface area (Å²) in [5.74, 6) is 1.71. The average molecular weight is 427 g/mol. The summed E-state index contributed by atoms with van der Waals surface area (Å²) >= 11 is 12.2. The van der Waals surface area contributed by atoms with Crippen molar-refractivity contribution in [1.29, 1.82) is 0 Å². The highest BCUT2D eigenvalue weighted by atomic mass is 35.5. The van der Waals surface area contributed by atoms with E-state index in [0.29, 0.717) is 29.7 Å². The number of rotatable bonds is 10. The Labute approximate surface area is 176 Å². The summed E-state index contributed by atoms with van der Waals surface area (Å²) in [5.41, 5.74) is 1.04. The summed E-state index contributed by atoms with van der Waals surface area (Å²) in [6.07, 6.45) is 3.46. The molecule has 1 atom stereocenters. The fraction of sp³-hybridized carbons (Fsp3) is 0.526. The number of aromatic nitrogens is 3. The second-order valence-corrected chi connectivity index (χ2v) is 7.15. The van der Waals surface area contributed by atoms with Crippen LogP contribution in [0.4, 0.5) is 0 Å². The molecule has 0 aliphatic rings. The van der Waals surface area contributed by atoms with Gasteiger partial charge in [-0.25, -0.2) is 0 Å². The van der Waals surface area contributed by atoms with Gasteiger partial charge in [0.25, 0.3) is 0 Å². The van der Waals surface area contributed by atoms with Crippen LogP contribution in [0.15, 0.2) is 29.5 Å². The number of aliphatic imine (C=N–C) groups is 1. The van der Waals surface area contributed by atoms with Gasteiger partial charge in [0.2, 0.25) is 0 Å². The van der Waals surface area contributed by atoms with E-state index in [4.69, 9.17) is 27.9 Å². The molecule has 0 fully saturated rings. The molecular weight excluding hydrogens is 399 g/mol. The minimum absolute atomic E-state index is 0.0181. The standard InChI is InChI=1S/C19H28Cl2N6O/c1-4-18-26-24-13-27(18)10-9-23-19(22-8-5-11-28-3)25-14(2)15-6-7-16(20)17(21)12-15/h6-7,12-14H,4-5,8-11H2,1-3H3,(H2,22,23,25). The van der Waals surface area contributed by atoms with Gasteiger partial charge in [-0.1, -0.05) is 36.2 Å². The first kappa shape index (κ1) is 22.5. The van der Waals surface area contributed by atoms with Gasteiger partial charge in [-0.2, -0.15) is 0 Å². The van der Waals surface area contributed by atoms with Gasteiger partial charge in [0, 0.05) is 39.8 Å². The Hall–Kier alpha value is -1.83. The van der Waals surface area contributed by atoms with E-state index >= 15 is 0 Å². The molecule has 1 aromatic carbocycles. The van der Waals surface area contributed by atoms with Gasteiger partial charge < -0.3 is 19.9 Å². The molecule has 154 valence electrons. The van der Waals surface area contributed by atoms with E-state index in [2.05, 4.69) is 39.7 Å². The maximum absolute atomic E-state index is 6.15. The molecule has 0 saturated carbocycles. The summed E-state index contributed by atoms with van der Waals surface area (Å²) in [7, 11) is 1.69. The zero-order valence-electron chi connectivity index (χ0n) is 16.6. The Morgan fingerprint density at radius 1 is 1.32 bits per heavy atom. The summed E-state index contributed by atoms with van der Waals surface area (Å²) < 4.78 is 7.14. The van der Waals surface area contributed by atoms with Crippen molar-refractivity contribution in [1.82, 2.24) is 25.4 Å². The number of hydrogen-bond acceptors (Lipinski definition) is 4. The maximum atomic E-state index is 6.15. The monoisotopic (exact) mass is 426 g/mol. The van der Waals surface area contributed by atoms with Crippen molar-refractivity contribution in [3.63, 3.8) is 0 Å². The lowest BCUT2D eigenvalue weighted by atomic mass is 10.1. The predicted molar refractivity (Wildman–Crippen MR) is 114 cm³/mol. The van der Waals surface area contributed by atoms with Crippen molar-refractivity contribution in [3.05, 3.63) is 46.0 Å². The Balaban J connectivity index is 1.98. The molecule has 1 heterocycles. The Morgan fingerprint density at radius 2 is 2.14 bits per heavy atom. The van der Waals surface area contributed by atoms with Crippen molar-refractivity contribution < 1.29 is 4.74 Å². The van der Waals surface area contributed by atoms with Crippen LogP contribution in [0.25, 0.3) is 0 Å². The lowest BCUT2D eigenvalue weighted by Gasteiger charge is -2.19. The fourth-order valence-electron chi connectivity index (χ4n) is 2.66. The quantitative estimate of drug-likeness (QED) is 0.345. The third-order valence-corrected chi connectivity index (χ3v) is 4.97. The van der Waals surface area contributed by atoms with Gasteiger partial charge in [0.05, 0.1) is 16.1 Å². The largest absolute Gasteiger partial charge is 0.385 e. The molecule has 9 heteroatoms. The van der Waals surface area contributed by atoms with E-state index in [1.165, 1.54) is 0 Å². The highest BCUT2D eigenvalue weighted by Crippen LogP contribution is 2.25. The predicted octanol–water partition coefficient (Wildman–Crippen LogP) is 3.48. The lowest BCUT2D eigenvalue weighted by molar-refractivity contribution is 0.197. The number of aryl methyl sites for hydroxylation is 1. The van der Waals surface area contributed by atoms with Crippen LogP contribution in [0.2, 0.25) is 10.0 Å². The molecule has 0 spiro atoms. The smallest absolute Gasteiger partial charge is 0.191 e. The first-order chi connectivity index (χ1) is 13.5. The summed E-state index contributed by atoms with van der Waals surface area (Å²) in [6, 6.07) is 5.65. The zero-order valence-corrected chi connectivity index (χ0v) is 18.1. The van der Waals surface area contributed by atoms with Crippen molar-refractivity contribution in [2.45, 2.75) is 39.3 Å². The normalized spacial score (nSPS) is 12.8. The van der Waals surface area contributed by atoms with Crippen LogP contribution >= 0.6 is 23.2 Å². The van der Waals surface area contributed by atoms with Gasteiger partial charge in [-0.15, -0.1) is 10.2 Å². The molecule has 7 nitrogen and oxygen atoms in total. The van der Waals surface area contributed by atoms with Crippen LogP contribution in [0.1, 0.15) is 37.7 Å². The van der Waals surface area contributed by atoms with Gasteiger partial charge in [0.1, 0.15) is 12.2 Å². The van der Waals surface area contributed by atoms with Crippen molar-refractivity contribution in [3.8, 4) is 0 Å². The third kappa shape index (κ3) is 6.96. The van der Waals surface area contributed by atoms with Crippen LogP contribution < -0.4 is 10.6 Å². The zero-order chi connectivity index (χ0) is 20.4. The molecule has 0 amide bonds. The second-order valence-electron chi connectivity index (χ2n) is 6.34. The number of methoxy groups -OCH3 is 1. The number of ether oxygens (including phenoxy) is 1. The van der Waals surface area contributed by atoms with E-state index in [-0.39, 0.29) is 6.04 Å². The van der Waals surface area contributed by atoms with E-state index in [0.717, 1.165) is 36.7 Å². The third-order valence-electron chi connectivity index (χ3n) is 4.23. The molecule has 2 aromatic rings. The highest BCUT2D eigenvalue weighted by molar-refractivity contribution is 6.42. The molecule has 0 aliphatic heterocycles. The molecule has 0 saturated heterocycles. The van der Waals surface area contributed by atoms with Gasteiger partial charge in [-0.3, -0.25) is 4.99 Å². The number of nitrogens with one attached hydrogen (secondary N) is 2. The number of nitrogens with zero attached hydrogens (tertiary/aromatic N) is 4. The fourth-order valence-corrected chi connectivity index (χ4v) is 2.96. The lowest BCUT2D eigenvalue weighted by Crippen LogP contribution is -2.40.